The Balaban J connectivity index is 2.62. The summed E-state index contributed by atoms with van der Waals surface area (Å²) in [5.41, 5.74) is 0.548. The molecule has 0 aliphatic heterocycles. The highest BCUT2D eigenvalue weighted by Gasteiger charge is 2.13. The fourth-order valence-corrected chi connectivity index (χ4v) is 1.30. The number of nitrogens with one attached hydrogen (secondary N) is 2. The van der Waals surface area contributed by atoms with Crippen molar-refractivity contribution in [2.75, 3.05) is 18.9 Å². The SMILES string of the molecule is CNCC(C)C(=O)Nc1cccnc1Cl. The predicted octanol–water partition coefficient (Wildman–Crippen LogP) is 1.53. The van der Waals surface area contributed by atoms with E-state index in [1.165, 1.54) is 0 Å². The fourth-order valence-electron chi connectivity index (χ4n) is 1.13. The van der Waals surface area contributed by atoms with Gasteiger partial charge in [0, 0.05) is 18.7 Å². The lowest BCUT2D eigenvalue weighted by Crippen LogP contribution is -2.28. The molecule has 2 N–H and O–H groups in total. The van der Waals surface area contributed by atoms with Crippen LogP contribution in [-0.4, -0.2) is 24.5 Å². The number of carbonyl (C=O) groups is 1. The molecule has 0 saturated carbocycles. The highest BCUT2D eigenvalue weighted by Crippen LogP contribution is 2.17. The van der Waals surface area contributed by atoms with Crippen molar-refractivity contribution >= 4 is 23.2 Å². The molecule has 0 aliphatic carbocycles. The Morgan fingerprint density at radius 2 is 2.40 bits per heavy atom. The van der Waals surface area contributed by atoms with Gasteiger partial charge in [-0.3, -0.25) is 4.79 Å². The van der Waals surface area contributed by atoms with Crippen LogP contribution in [0.5, 0.6) is 0 Å². The third kappa shape index (κ3) is 3.49. The van der Waals surface area contributed by atoms with Gasteiger partial charge in [-0.05, 0) is 19.2 Å². The lowest BCUT2D eigenvalue weighted by Gasteiger charge is -2.11. The Hall–Kier alpha value is -1.13. The molecule has 1 aromatic rings. The van der Waals surface area contributed by atoms with Gasteiger partial charge in [0.1, 0.15) is 0 Å². The average Bonchev–Trinajstić information content (AvgIpc) is 2.21. The van der Waals surface area contributed by atoms with E-state index in [1.54, 1.807) is 25.4 Å². The quantitative estimate of drug-likeness (QED) is 0.767. The third-order valence-corrected chi connectivity index (χ3v) is 2.28. The van der Waals surface area contributed by atoms with Gasteiger partial charge in [0.25, 0.3) is 0 Å². The molecule has 0 aliphatic rings. The van der Waals surface area contributed by atoms with Gasteiger partial charge in [-0.2, -0.15) is 0 Å². The highest BCUT2D eigenvalue weighted by atomic mass is 35.5. The summed E-state index contributed by atoms with van der Waals surface area (Å²) in [6, 6.07) is 3.45. The first kappa shape index (κ1) is 11.9. The van der Waals surface area contributed by atoms with Gasteiger partial charge in [-0.1, -0.05) is 18.5 Å². The van der Waals surface area contributed by atoms with E-state index in [4.69, 9.17) is 11.6 Å². The maximum absolute atomic E-state index is 11.6. The van der Waals surface area contributed by atoms with E-state index < -0.39 is 0 Å². The van der Waals surface area contributed by atoms with Gasteiger partial charge < -0.3 is 10.6 Å². The normalized spacial score (nSPS) is 12.2. The maximum atomic E-state index is 11.6. The molecule has 0 bridgehead atoms. The number of hydrogen-bond acceptors (Lipinski definition) is 3. The Morgan fingerprint density at radius 3 is 3.00 bits per heavy atom. The summed E-state index contributed by atoms with van der Waals surface area (Å²) in [6.45, 7) is 2.47. The number of amides is 1. The standard InChI is InChI=1S/C10H14ClN3O/c1-7(6-12-2)10(15)14-8-4-3-5-13-9(8)11/h3-5,7,12H,6H2,1-2H3,(H,14,15). The van der Waals surface area contributed by atoms with Crippen LogP contribution in [0.2, 0.25) is 5.15 Å². The minimum atomic E-state index is -0.105. The molecule has 82 valence electrons. The summed E-state index contributed by atoms with van der Waals surface area (Å²) in [7, 11) is 1.81. The molecule has 0 radical (unpaired) electrons. The van der Waals surface area contributed by atoms with Crippen molar-refractivity contribution in [1.29, 1.82) is 0 Å². The number of pyridine rings is 1. The van der Waals surface area contributed by atoms with Crippen LogP contribution in [0, 0.1) is 5.92 Å². The molecule has 1 atom stereocenters. The average molecular weight is 228 g/mol. The number of aromatic nitrogens is 1. The first-order valence-electron chi connectivity index (χ1n) is 4.71. The van der Waals surface area contributed by atoms with Crippen molar-refractivity contribution < 1.29 is 4.79 Å². The van der Waals surface area contributed by atoms with E-state index in [0.29, 0.717) is 17.4 Å². The molecule has 0 spiro atoms. The van der Waals surface area contributed by atoms with Crippen LogP contribution in [0.15, 0.2) is 18.3 Å². The summed E-state index contributed by atoms with van der Waals surface area (Å²) in [5, 5.41) is 5.97. The molecule has 15 heavy (non-hydrogen) atoms. The molecule has 0 fully saturated rings. The number of nitrogens with zero attached hydrogens (tertiary/aromatic N) is 1. The van der Waals surface area contributed by atoms with Crippen LogP contribution in [0.4, 0.5) is 5.69 Å². The van der Waals surface area contributed by atoms with Crippen LogP contribution >= 0.6 is 11.6 Å². The summed E-state index contributed by atoms with van der Waals surface area (Å²) < 4.78 is 0. The van der Waals surface area contributed by atoms with Crippen molar-refractivity contribution in [3.63, 3.8) is 0 Å². The number of halogens is 1. The fraction of sp³-hybridized carbons (Fsp3) is 0.400. The lowest BCUT2D eigenvalue weighted by atomic mass is 10.1. The zero-order valence-corrected chi connectivity index (χ0v) is 9.51. The van der Waals surface area contributed by atoms with Crippen molar-refractivity contribution in [2.24, 2.45) is 5.92 Å². The Morgan fingerprint density at radius 1 is 1.67 bits per heavy atom. The molecule has 1 amide bonds. The molecule has 5 heteroatoms. The molecule has 4 nitrogen and oxygen atoms in total. The van der Waals surface area contributed by atoms with Crippen molar-refractivity contribution in [1.82, 2.24) is 10.3 Å². The van der Waals surface area contributed by atoms with Crippen LogP contribution < -0.4 is 10.6 Å². The number of carbonyl (C=O) groups excluding carboxylic acids is 1. The van der Waals surface area contributed by atoms with Crippen molar-refractivity contribution in [3.05, 3.63) is 23.5 Å². The number of hydrogen-bond donors (Lipinski definition) is 2. The van der Waals surface area contributed by atoms with Gasteiger partial charge in [0.2, 0.25) is 5.91 Å². The van der Waals surface area contributed by atoms with E-state index in [-0.39, 0.29) is 11.8 Å². The molecule has 0 saturated heterocycles. The molecule has 1 heterocycles. The minimum Gasteiger partial charge on any atom is -0.323 e. The van der Waals surface area contributed by atoms with Gasteiger partial charge in [-0.25, -0.2) is 4.98 Å². The second kappa shape index (κ2) is 5.68. The molecule has 0 aromatic carbocycles. The van der Waals surface area contributed by atoms with E-state index >= 15 is 0 Å². The summed E-state index contributed by atoms with van der Waals surface area (Å²) in [5.74, 6) is -0.175. The van der Waals surface area contributed by atoms with E-state index in [9.17, 15) is 4.79 Å². The molecule has 1 unspecified atom stereocenters. The first-order chi connectivity index (χ1) is 7.15. The predicted molar refractivity (Wildman–Crippen MR) is 61.0 cm³/mol. The van der Waals surface area contributed by atoms with Crippen LogP contribution in [0.25, 0.3) is 0 Å². The van der Waals surface area contributed by atoms with Crippen LogP contribution in [0.1, 0.15) is 6.92 Å². The second-order valence-electron chi connectivity index (χ2n) is 3.29. The smallest absolute Gasteiger partial charge is 0.228 e. The molecule has 1 rings (SSSR count). The van der Waals surface area contributed by atoms with Gasteiger partial charge in [0.05, 0.1) is 5.69 Å². The monoisotopic (exact) mass is 227 g/mol. The Bertz CT molecular complexity index is 343. The van der Waals surface area contributed by atoms with Crippen LogP contribution in [0.3, 0.4) is 0 Å². The Labute approximate surface area is 94.0 Å². The topological polar surface area (TPSA) is 54.0 Å². The van der Waals surface area contributed by atoms with Gasteiger partial charge in [0.15, 0.2) is 5.15 Å². The van der Waals surface area contributed by atoms with Gasteiger partial charge >= 0.3 is 0 Å². The maximum Gasteiger partial charge on any atom is 0.228 e. The second-order valence-corrected chi connectivity index (χ2v) is 3.65. The number of anilines is 1. The summed E-state index contributed by atoms with van der Waals surface area (Å²) in [4.78, 5) is 15.5. The van der Waals surface area contributed by atoms with Gasteiger partial charge in [-0.15, -0.1) is 0 Å². The van der Waals surface area contributed by atoms with Crippen molar-refractivity contribution in [2.45, 2.75) is 6.92 Å². The summed E-state index contributed by atoms with van der Waals surface area (Å²) in [6.07, 6.45) is 1.58. The van der Waals surface area contributed by atoms with E-state index in [0.717, 1.165) is 0 Å². The lowest BCUT2D eigenvalue weighted by molar-refractivity contribution is -0.119. The summed E-state index contributed by atoms with van der Waals surface area (Å²) >= 11 is 5.81. The minimum absolute atomic E-state index is 0.0701. The molecular formula is C10H14ClN3O. The molecular weight excluding hydrogens is 214 g/mol. The van der Waals surface area contributed by atoms with E-state index in [1.807, 2.05) is 6.92 Å². The largest absolute Gasteiger partial charge is 0.323 e. The Kier molecular flexibility index (Phi) is 4.52. The highest BCUT2D eigenvalue weighted by molar-refractivity contribution is 6.32. The van der Waals surface area contributed by atoms with Crippen molar-refractivity contribution in [3.8, 4) is 0 Å². The first-order valence-corrected chi connectivity index (χ1v) is 5.09. The molecule has 1 aromatic heterocycles. The number of rotatable bonds is 4. The zero-order chi connectivity index (χ0) is 11.3. The zero-order valence-electron chi connectivity index (χ0n) is 8.75. The van der Waals surface area contributed by atoms with E-state index in [2.05, 4.69) is 15.6 Å². The van der Waals surface area contributed by atoms with Crippen LogP contribution in [-0.2, 0) is 4.79 Å². The third-order valence-electron chi connectivity index (χ3n) is 1.97.